The van der Waals surface area contributed by atoms with E-state index in [2.05, 4.69) is 10.6 Å². The smallest absolute Gasteiger partial charge is 0.399 e. The van der Waals surface area contributed by atoms with Crippen molar-refractivity contribution in [1.82, 2.24) is 5.32 Å². The largest absolute Gasteiger partial charge is 0.416 e. The van der Waals surface area contributed by atoms with Gasteiger partial charge in [-0.05, 0) is 48.5 Å². The Hall–Kier alpha value is -3.66. The summed E-state index contributed by atoms with van der Waals surface area (Å²) < 4.78 is 66.7. The van der Waals surface area contributed by atoms with Crippen molar-refractivity contribution in [2.24, 2.45) is 0 Å². The molecule has 4 N–H and O–H groups in total. The van der Waals surface area contributed by atoms with Crippen LogP contribution < -0.4 is 16.4 Å². The topological polar surface area (TPSA) is 84.2 Å². The van der Waals surface area contributed by atoms with E-state index in [4.69, 9.17) is 17.3 Å². The van der Waals surface area contributed by atoms with Gasteiger partial charge in [0.05, 0.1) is 11.6 Å². The highest BCUT2D eigenvalue weighted by Gasteiger charge is 2.35. The summed E-state index contributed by atoms with van der Waals surface area (Å²) in [6, 6.07) is 6.54. The minimum atomic E-state index is -4.87. The fourth-order valence-electron chi connectivity index (χ4n) is 3.61. The molecule has 0 spiro atoms. The van der Waals surface area contributed by atoms with Gasteiger partial charge >= 0.3 is 6.18 Å². The Balaban J connectivity index is 1.79. The Morgan fingerprint density at radius 1 is 1.03 bits per heavy atom. The zero-order chi connectivity index (χ0) is 24.1. The van der Waals surface area contributed by atoms with Crippen molar-refractivity contribution in [2.45, 2.75) is 12.2 Å². The van der Waals surface area contributed by atoms with Crippen LogP contribution in [-0.4, -0.2) is 11.8 Å². The van der Waals surface area contributed by atoms with Crippen molar-refractivity contribution in [3.05, 3.63) is 93.0 Å². The molecule has 1 heterocycles. The number of alkyl halides is 3. The van der Waals surface area contributed by atoms with E-state index in [0.29, 0.717) is 12.1 Å². The van der Waals surface area contributed by atoms with Gasteiger partial charge in [0.15, 0.2) is 0 Å². The van der Waals surface area contributed by atoms with E-state index in [1.807, 2.05) is 0 Å². The average Bonchev–Trinajstić information content (AvgIpc) is 3.05. The number of carbonyl (C=O) groups is 2. The molecule has 1 atom stereocenters. The molecule has 0 aromatic heterocycles. The summed E-state index contributed by atoms with van der Waals surface area (Å²) in [5.41, 5.74) is 4.36. The minimum absolute atomic E-state index is 0.0310. The Kier molecular flexibility index (Phi) is 5.49. The van der Waals surface area contributed by atoms with Crippen LogP contribution in [0.1, 0.15) is 43.4 Å². The van der Waals surface area contributed by atoms with E-state index >= 15 is 0 Å². The van der Waals surface area contributed by atoms with Gasteiger partial charge in [-0.3, -0.25) is 9.59 Å². The number of amides is 2. The van der Waals surface area contributed by atoms with Gasteiger partial charge in [-0.25, -0.2) is 8.78 Å². The van der Waals surface area contributed by atoms with E-state index in [1.165, 1.54) is 18.2 Å². The van der Waals surface area contributed by atoms with Gasteiger partial charge < -0.3 is 16.4 Å². The molecule has 5 nitrogen and oxygen atoms in total. The van der Waals surface area contributed by atoms with Crippen LogP contribution in [0.15, 0.2) is 48.5 Å². The fourth-order valence-corrected chi connectivity index (χ4v) is 3.83. The van der Waals surface area contributed by atoms with Crippen molar-refractivity contribution in [3.8, 4) is 0 Å². The van der Waals surface area contributed by atoms with Crippen molar-refractivity contribution in [1.29, 1.82) is 0 Å². The molecule has 0 radical (unpaired) electrons. The first kappa shape index (κ1) is 22.5. The SMILES string of the molecule is Nc1cc(NC(=O)c2cc(F)cc(C(F)(F)F)c2)c2c(c1)C(=O)N[C@H]2c1cc(F)ccc1Cl. The summed E-state index contributed by atoms with van der Waals surface area (Å²) in [5.74, 6) is -3.54. The van der Waals surface area contributed by atoms with E-state index in [0.717, 1.165) is 12.1 Å². The molecule has 3 aromatic carbocycles. The van der Waals surface area contributed by atoms with Crippen LogP contribution in [0, 0.1) is 11.6 Å². The molecule has 0 unspecified atom stereocenters. The lowest BCUT2D eigenvalue weighted by molar-refractivity contribution is -0.137. The van der Waals surface area contributed by atoms with Crippen LogP contribution in [0.2, 0.25) is 5.02 Å². The monoisotopic (exact) mass is 481 g/mol. The second-order valence-corrected chi connectivity index (χ2v) is 7.69. The number of hydrogen-bond acceptors (Lipinski definition) is 3. The highest BCUT2D eigenvalue weighted by Crippen LogP contribution is 2.40. The lowest BCUT2D eigenvalue weighted by Crippen LogP contribution is -2.21. The molecule has 0 aliphatic carbocycles. The van der Waals surface area contributed by atoms with Crippen molar-refractivity contribution in [3.63, 3.8) is 0 Å². The van der Waals surface area contributed by atoms with Crippen LogP contribution in [0.5, 0.6) is 0 Å². The maximum absolute atomic E-state index is 13.9. The molecule has 3 aromatic rings. The Morgan fingerprint density at radius 3 is 2.45 bits per heavy atom. The number of carbonyl (C=O) groups excluding carboxylic acids is 2. The Bertz CT molecular complexity index is 1310. The average molecular weight is 482 g/mol. The number of benzene rings is 3. The number of rotatable bonds is 3. The summed E-state index contributed by atoms with van der Waals surface area (Å²) in [4.78, 5) is 25.2. The van der Waals surface area contributed by atoms with Gasteiger partial charge in [0.2, 0.25) is 0 Å². The molecule has 4 rings (SSSR count). The van der Waals surface area contributed by atoms with E-state index in [-0.39, 0.29) is 39.2 Å². The third-order valence-electron chi connectivity index (χ3n) is 5.02. The summed E-state index contributed by atoms with van der Waals surface area (Å²) in [6.07, 6.45) is -4.87. The third kappa shape index (κ3) is 4.34. The van der Waals surface area contributed by atoms with Gasteiger partial charge in [0.1, 0.15) is 11.6 Å². The van der Waals surface area contributed by atoms with Crippen LogP contribution in [-0.2, 0) is 6.18 Å². The van der Waals surface area contributed by atoms with Crippen LogP contribution in [0.4, 0.5) is 33.3 Å². The van der Waals surface area contributed by atoms with Crippen molar-refractivity contribution >= 4 is 34.8 Å². The maximum atomic E-state index is 13.9. The number of nitrogens with one attached hydrogen (secondary N) is 2. The summed E-state index contributed by atoms with van der Waals surface area (Å²) >= 11 is 6.18. The van der Waals surface area contributed by atoms with E-state index in [1.54, 1.807) is 0 Å². The molecule has 0 saturated carbocycles. The van der Waals surface area contributed by atoms with Gasteiger partial charge in [-0.1, -0.05) is 11.6 Å². The van der Waals surface area contributed by atoms with Crippen LogP contribution in [0.25, 0.3) is 0 Å². The second kappa shape index (κ2) is 8.04. The summed E-state index contributed by atoms with van der Waals surface area (Å²) in [7, 11) is 0. The lowest BCUT2D eigenvalue weighted by atomic mass is 9.95. The van der Waals surface area contributed by atoms with Crippen molar-refractivity contribution < 1.29 is 31.5 Å². The Morgan fingerprint density at radius 2 is 1.76 bits per heavy atom. The van der Waals surface area contributed by atoms with Crippen LogP contribution >= 0.6 is 11.6 Å². The number of halogens is 6. The molecule has 0 bridgehead atoms. The fraction of sp³-hybridized carbons (Fsp3) is 0.0909. The summed E-state index contributed by atoms with van der Waals surface area (Å²) in [5, 5.41) is 5.12. The molecule has 1 aliphatic rings. The highest BCUT2D eigenvalue weighted by atomic mass is 35.5. The Labute approximate surface area is 188 Å². The maximum Gasteiger partial charge on any atom is 0.416 e. The number of anilines is 2. The predicted octanol–water partition coefficient (Wildman–Crippen LogP) is 5.30. The van der Waals surface area contributed by atoms with Gasteiger partial charge in [-0.15, -0.1) is 0 Å². The molecule has 0 fully saturated rings. The van der Waals surface area contributed by atoms with Crippen molar-refractivity contribution in [2.75, 3.05) is 11.1 Å². The standard InChI is InChI=1S/C22H13ClF5N3O2/c23-16-2-1-11(24)6-14(16)19-18-15(21(33)31-19)7-13(29)8-17(18)30-20(32)9-3-10(22(26,27)28)5-12(25)4-9/h1-8,19H,29H2,(H,30,32)(H,31,33)/t19-/m0/s1. The first-order chi connectivity index (χ1) is 15.4. The lowest BCUT2D eigenvalue weighted by Gasteiger charge is -2.18. The predicted molar refractivity (Wildman–Crippen MR) is 111 cm³/mol. The number of nitrogens with two attached hydrogens (primary N) is 1. The highest BCUT2D eigenvalue weighted by molar-refractivity contribution is 6.31. The summed E-state index contributed by atoms with van der Waals surface area (Å²) in [6.45, 7) is 0. The molecule has 170 valence electrons. The van der Waals surface area contributed by atoms with Gasteiger partial charge in [0, 0.05) is 38.7 Å². The number of hydrogen-bond donors (Lipinski definition) is 3. The minimum Gasteiger partial charge on any atom is -0.399 e. The first-order valence-corrected chi connectivity index (χ1v) is 9.70. The normalized spacial score (nSPS) is 15.2. The van der Waals surface area contributed by atoms with E-state index < -0.39 is 46.8 Å². The second-order valence-electron chi connectivity index (χ2n) is 7.28. The quantitative estimate of drug-likeness (QED) is 0.350. The zero-order valence-corrected chi connectivity index (χ0v) is 17.1. The molecule has 0 saturated heterocycles. The van der Waals surface area contributed by atoms with Gasteiger partial charge in [0.25, 0.3) is 11.8 Å². The molecule has 11 heteroatoms. The van der Waals surface area contributed by atoms with Gasteiger partial charge in [-0.2, -0.15) is 13.2 Å². The van der Waals surface area contributed by atoms with E-state index in [9.17, 15) is 31.5 Å². The zero-order valence-electron chi connectivity index (χ0n) is 16.4. The molecule has 1 aliphatic heterocycles. The molecular formula is C22H13ClF5N3O2. The number of nitrogen functional groups attached to an aromatic ring is 1. The molecule has 2 amide bonds. The third-order valence-corrected chi connectivity index (χ3v) is 5.36. The van der Waals surface area contributed by atoms with Crippen LogP contribution in [0.3, 0.4) is 0 Å². The molecular weight excluding hydrogens is 469 g/mol. The molecule has 33 heavy (non-hydrogen) atoms. The first-order valence-electron chi connectivity index (χ1n) is 9.32. The number of fused-ring (bicyclic) bond motifs is 1.